The van der Waals surface area contributed by atoms with Crippen LogP contribution in [-0.2, 0) is 0 Å². The van der Waals surface area contributed by atoms with Crippen LogP contribution in [0.4, 0.5) is 0 Å². The number of aromatic carboxylic acids is 1. The highest BCUT2D eigenvalue weighted by atomic mass is 32.2. The fourth-order valence-electron chi connectivity index (χ4n) is 2.38. The van der Waals surface area contributed by atoms with Gasteiger partial charge in [0, 0.05) is 9.64 Å². The lowest BCUT2D eigenvalue weighted by Crippen LogP contribution is -2.07. The number of benzene rings is 2. The van der Waals surface area contributed by atoms with Crippen LogP contribution in [0.1, 0.15) is 31.1 Å². The van der Waals surface area contributed by atoms with Gasteiger partial charge in [0.05, 0.1) is 16.3 Å². The maximum atomic E-state index is 12.6. The number of carboxylic acid groups (broad SMARTS) is 1. The summed E-state index contributed by atoms with van der Waals surface area (Å²) in [5, 5.41) is 9.80. The molecule has 3 rings (SSSR count). The molecule has 23 heavy (non-hydrogen) atoms. The highest BCUT2D eigenvalue weighted by Gasteiger charge is 2.15. The molecule has 0 radical (unpaired) electrons. The van der Waals surface area contributed by atoms with Crippen molar-refractivity contribution >= 4 is 39.7 Å². The molecular formula is C18H16O4S. The zero-order valence-corrected chi connectivity index (χ0v) is 13.9. The number of fused-ring (bicyclic) bond motifs is 2. The minimum absolute atomic E-state index is 0.0568. The molecule has 1 N–H and O–H groups in total. The number of thioether (sulfide) groups is 1. The molecule has 0 saturated carbocycles. The van der Waals surface area contributed by atoms with Crippen molar-refractivity contribution < 1.29 is 14.3 Å². The lowest BCUT2D eigenvalue weighted by molar-refractivity contribution is 0.0697. The monoisotopic (exact) mass is 328 g/mol. The zero-order chi connectivity index (χ0) is 16.8. The quantitative estimate of drug-likeness (QED) is 0.553. The van der Waals surface area contributed by atoms with Crippen LogP contribution in [0.15, 0.2) is 50.5 Å². The Balaban J connectivity index is 2.23. The molecule has 1 heterocycles. The smallest absolute Gasteiger partial charge is 0.335 e. The fourth-order valence-corrected chi connectivity index (χ4v) is 3.39. The van der Waals surface area contributed by atoms with Gasteiger partial charge in [-0.05, 0) is 36.4 Å². The van der Waals surface area contributed by atoms with Gasteiger partial charge in [-0.3, -0.25) is 4.79 Å². The van der Waals surface area contributed by atoms with E-state index < -0.39 is 5.97 Å². The summed E-state index contributed by atoms with van der Waals surface area (Å²) in [5.41, 5.74) is 0.769. The number of hydrogen-bond donors (Lipinski definition) is 1. The molecule has 0 amide bonds. The molecule has 4 nitrogen and oxygen atoms in total. The van der Waals surface area contributed by atoms with Crippen LogP contribution in [0.25, 0.3) is 21.9 Å². The molecule has 0 fully saturated rings. The van der Waals surface area contributed by atoms with Gasteiger partial charge < -0.3 is 9.52 Å². The summed E-state index contributed by atoms with van der Waals surface area (Å²) in [7, 11) is 0. The molecule has 0 spiro atoms. The molecule has 0 bridgehead atoms. The van der Waals surface area contributed by atoms with E-state index in [2.05, 4.69) is 20.8 Å². The third-order valence-corrected chi connectivity index (χ3v) is 4.41. The number of carboxylic acids is 1. The lowest BCUT2D eigenvalue weighted by atomic mass is 10.1. The van der Waals surface area contributed by atoms with Gasteiger partial charge in [-0.25, -0.2) is 4.79 Å². The summed E-state index contributed by atoms with van der Waals surface area (Å²) in [6.07, 6.45) is 0. The number of carbonyl (C=O) groups is 1. The second-order valence-electron chi connectivity index (χ2n) is 6.32. The van der Waals surface area contributed by atoms with Gasteiger partial charge in [-0.1, -0.05) is 20.8 Å². The third kappa shape index (κ3) is 3.10. The van der Waals surface area contributed by atoms with Crippen LogP contribution in [0.2, 0.25) is 0 Å². The van der Waals surface area contributed by atoms with Crippen molar-refractivity contribution in [2.45, 2.75) is 30.4 Å². The Bertz CT molecular complexity index is 980. The van der Waals surface area contributed by atoms with Crippen molar-refractivity contribution in [3.8, 4) is 0 Å². The van der Waals surface area contributed by atoms with Crippen LogP contribution in [0, 0.1) is 0 Å². The van der Waals surface area contributed by atoms with Crippen molar-refractivity contribution in [1.82, 2.24) is 0 Å². The van der Waals surface area contributed by atoms with Gasteiger partial charge in [0.15, 0.2) is 0 Å². The van der Waals surface area contributed by atoms with Crippen molar-refractivity contribution in [3.63, 3.8) is 0 Å². The first-order valence-corrected chi connectivity index (χ1v) is 7.99. The Kier molecular flexibility index (Phi) is 3.68. The van der Waals surface area contributed by atoms with Gasteiger partial charge in [-0.2, -0.15) is 0 Å². The molecule has 0 aliphatic rings. The van der Waals surface area contributed by atoms with E-state index in [4.69, 9.17) is 9.52 Å². The predicted octanol–water partition coefficient (Wildman–Crippen LogP) is 4.54. The van der Waals surface area contributed by atoms with Crippen LogP contribution < -0.4 is 5.43 Å². The van der Waals surface area contributed by atoms with Gasteiger partial charge in [0.1, 0.15) is 11.2 Å². The Labute approximate surface area is 137 Å². The third-order valence-electron chi connectivity index (χ3n) is 3.31. The molecule has 0 atom stereocenters. The molecule has 5 heteroatoms. The van der Waals surface area contributed by atoms with Crippen LogP contribution in [-0.4, -0.2) is 15.8 Å². The van der Waals surface area contributed by atoms with E-state index in [0.29, 0.717) is 16.6 Å². The normalized spacial score (nSPS) is 12.0. The van der Waals surface area contributed by atoms with Crippen molar-refractivity contribution in [2.75, 3.05) is 0 Å². The molecule has 0 unspecified atom stereocenters. The Morgan fingerprint density at radius 3 is 2.43 bits per heavy atom. The van der Waals surface area contributed by atoms with Crippen LogP contribution in [0.3, 0.4) is 0 Å². The predicted molar refractivity (Wildman–Crippen MR) is 92.6 cm³/mol. The summed E-state index contributed by atoms with van der Waals surface area (Å²) >= 11 is 1.69. The molecule has 0 aliphatic carbocycles. The van der Waals surface area contributed by atoms with Crippen LogP contribution >= 0.6 is 11.8 Å². The van der Waals surface area contributed by atoms with E-state index in [0.717, 1.165) is 4.90 Å². The number of rotatable bonds is 2. The Hall–Kier alpha value is -2.27. The number of hydrogen-bond acceptors (Lipinski definition) is 4. The molecule has 0 aliphatic heterocycles. The first kappa shape index (κ1) is 15.6. The Morgan fingerprint density at radius 2 is 1.78 bits per heavy atom. The minimum atomic E-state index is -1.07. The average molecular weight is 328 g/mol. The topological polar surface area (TPSA) is 67.5 Å². The van der Waals surface area contributed by atoms with Crippen molar-refractivity contribution in [1.29, 1.82) is 0 Å². The fraction of sp³-hybridized carbons (Fsp3) is 0.222. The highest BCUT2D eigenvalue weighted by Crippen LogP contribution is 2.33. The summed E-state index contributed by atoms with van der Waals surface area (Å²) in [6.45, 7) is 6.35. The molecule has 1 aromatic heterocycles. The summed E-state index contributed by atoms with van der Waals surface area (Å²) in [4.78, 5) is 24.7. The van der Waals surface area contributed by atoms with Crippen molar-refractivity contribution in [3.05, 3.63) is 52.2 Å². The second-order valence-corrected chi connectivity index (χ2v) is 8.22. The molecular weight excluding hydrogens is 312 g/mol. The maximum Gasteiger partial charge on any atom is 0.335 e. The van der Waals surface area contributed by atoms with Crippen LogP contribution in [0.5, 0.6) is 0 Å². The van der Waals surface area contributed by atoms with E-state index in [1.807, 2.05) is 12.1 Å². The summed E-state index contributed by atoms with van der Waals surface area (Å²) in [5.74, 6) is -1.07. The Morgan fingerprint density at radius 1 is 1.04 bits per heavy atom. The van der Waals surface area contributed by atoms with E-state index in [-0.39, 0.29) is 21.1 Å². The minimum Gasteiger partial charge on any atom is -0.478 e. The largest absolute Gasteiger partial charge is 0.478 e. The average Bonchev–Trinajstić information content (AvgIpc) is 2.45. The SMILES string of the molecule is CC(C)(C)Sc1ccc2c(=O)c3cc(C(=O)O)ccc3oc2c1. The van der Waals surface area contributed by atoms with Gasteiger partial charge in [0.2, 0.25) is 5.43 Å². The van der Waals surface area contributed by atoms with E-state index in [1.165, 1.54) is 18.2 Å². The van der Waals surface area contributed by atoms with Gasteiger partial charge in [-0.15, -0.1) is 11.8 Å². The molecule has 3 aromatic rings. The lowest BCUT2D eigenvalue weighted by Gasteiger charge is -2.17. The second kappa shape index (κ2) is 5.42. The first-order valence-electron chi connectivity index (χ1n) is 7.17. The molecule has 118 valence electrons. The van der Waals surface area contributed by atoms with Gasteiger partial charge in [0.25, 0.3) is 0 Å². The summed E-state index contributed by atoms with van der Waals surface area (Å²) < 4.78 is 5.87. The van der Waals surface area contributed by atoms with Crippen molar-refractivity contribution in [2.24, 2.45) is 0 Å². The van der Waals surface area contributed by atoms with E-state index >= 15 is 0 Å². The first-order chi connectivity index (χ1) is 10.7. The van der Waals surface area contributed by atoms with E-state index in [9.17, 15) is 9.59 Å². The zero-order valence-electron chi connectivity index (χ0n) is 13.0. The molecule has 0 saturated heterocycles. The summed E-state index contributed by atoms with van der Waals surface area (Å²) in [6, 6.07) is 9.82. The standard InChI is InChI=1S/C18H16O4S/c1-18(2,3)23-11-5-6-12-15(9-11)22-14-7-4-10(17(20)21)8-13(14)16(12)19/h4-9H,1-3H3,(H,20,21). The maximum absolute atomic E-state index is 12.6. The molecule has 2 aromatic carbocycles. The van der Waals surface area contributed by atoms with E-state index in [1.54, 1.807) is 17.8 Å². The highest BCUT2D eigenvalue weighted by molar-refractivity contribution is 8.00. The van der Waals surface area contributed by atoms with Gasteiger partial charge >= 0.3 is 5.97 Å².